The van der Waals surface area contributed by atoms with Gasteiger partial charge in [0.15, 0.2) is 0 Å². The maximum atomic E-state index is 11.9. The molecule has 0 aliphatic carbocycles. The molecule has 0 saturated heterocycles. The number of sulfonamides is 1. The van der Waals surface area contributed by atoms with Gasteiger partial charge in [0.05, 0.1) is 5.75 Å². The third-order valence-corrected chi connectivity index (χ3v) is 4.35. The lowest BCUT2D eigenvalue weighted by Crippen LogP contribution is -2.34. The monoisotopic (exact) mass is 257 g/mol. The van der Waals surface area contributed by atoms with E-state index >= 15 is 0 Å². The first-order valence-corrected chi connectivity index (χ1v) is 7.15. The van der Waals surface area contributed by atoms with Crippen molar-refractivity contribution in [2.75, 3.05) is 32.9 Å². The maximum Gasteiger partial charge on any atom is 0.214 e. The highest BCUT2D eigenvalue weighted by Gasteiger charge is 2.17. The highest BCUT2D eigenvalue weighted by atomic mass is 32.2. The fourth-order valence-corrected chi connectivity index (χ4v) is 2.49. The van der Waals surface area contributed by atoms with Gasteiger partial charge in [-0.2, -0.15) is 0 Å². The van der Waals surface area contributed by atoms with Gasteiger partial charge in [0, 0.05) is 38.4 Å². The van der Waals surface area contributed by atoms with Crippen molar-refractivity contribution in [3.8, 4) is 0 Å². The molecule has 0 amide bonds. The first-order valence-electron chi connectivity index (χ1n) is 5.55. The Labute approximate surface area is 103 Å². The van der Waals surface area contributed by atoms with Crippen LogP contribution in [0.4, 0.5) is 0 Å². The number of hydrogen-bond acceptors (Lipinski definition) is 4. The SMILES string of the molecule is CNCCN(C)S(=O)(=O)CCc1ccccn1. The molecule has 0 radical (unpaired) electrons. The number of nitrogens with zero attached hydrogens (tertiary/aromatic N) is 2. The van der Waals surface area contributed by atoms with E-state index in [1.807, 2.05) is 18.2 Å². The van der Waals surface area contributed by atoms with Crippen LogP contribution in [0.25, 0.3) is 0 Å². The smallest absolute Gasteiger partial charge is 0.214 e. The van der Waals surface area contributed by atoms with E-state index in [2.05, 4.69) is 10.3 Å². The fraction of sp³-hybridized carbons (Fsp3) is 0.545. The molecule has 0 bridgehead atoms. The summed E-state index contributed by atoms with van der Waals surface area (Å²) in [5.74, 6) is 0.101. The van der Waals surface area contributed by atoms with E-state index in [0.717, 1.165) is 5.69 Å². The van der Waals surface area contributed by atoms with Crippen LogP contribution >= 0.6 is 0 Å². The van der Waals surface area contributed by atoms with Gasteiger partial charge in [-0.1, -0.05) is 6.07 Å². The molecule has 1 N–H and O–H groups in total. The van der Waals surface area contributed by atoms with Crippen LogP contribution < -0.4 is 5.32 Å². The molecule has 96 valence electrons. The van der Waals surface area contributed by atoms with Gasteiger partial charge in [0.2, 0.25) is 10.0 Å². The van der Waals surface area contributed by atoms with Crippen LogP contribution in [0.2, 0.25) is 0 Å². The normalized spacial score (nSPS) is 11.9. The number of likely N-dealkylation sites (N-methyl/N-ethyl adjacent to an activating group) is 2. The lowest BCUT2D eigenvalue weighted by molar-refractivity contribution is 0.465. The van der Waals surface area contributed by atoms with Crippen molar-refractivity contribution in [2.45, 2.75) is 6.42 Å². The lowest BCUT2D eigenvalue weighted by Gasteiger charge is -2.16. The van der Waals surface area contributed by atoms with E-state index in [1.165, 1.54) is 4.31 Å². The van der Waals surface area contributed by atoms with E-state index in [9.17, 15) is 8.42 Å². The summed E-state index contributed by atoms with van der Waals surface area (Å²) < 4.78 is 25.1. The molecule has 1 heterocycles. The maximum absolute atomic E-state index is 11.9. The van der Waals surface area contributed by atoms with E-state index in [1.54, 1.807) is 20.3 Å². The summed E-state index contributed by atoms with van der Waals surface area (Å²) in [4.78, 5) is 4.11. The van der Waals surface area contributed by atoms with Crippen LogP contribution in [0.15, 0.2) is 24.4 Å². The van der Waals surface area contributed by atoms with Crippen LogP contribution in [0.1, 0.15) is 5.69 Å². The Kier molecular flexibility index (Phi) is 5.54. The number of nitrogens with one attached hydrogen (secondary N) is 1. The van der Waals surface area contributed by atoms with Crippen molar-refractivity contribution in [1.82, 2.24) is 14.6 Å². The minimum Gasteiger partial charge on any atom is -0.318 e. The summed E-state index contributed by atoms with van der Waals surface area (Å²) >= 11 is 0. The van der Waals surface area contributed by atoms with Crippen LogP contribution in [-0.4, -0.2) is 50.6 Å². The summed E-state index contributed by atoms with van der Waals surface area (Å²) in [7, 11) is 0.225. The molecule has 0 atom stereocenters. The number of rotatable bonds is 7. The molecule has 0 aliphatic heterocycles. The Bertz CT molecular complexity index is 420. The van der Waals surface area contributed by atoms with Crippen molar-refractivity contribution in [3.05, 3.63) is 30.1 Å². The second-order valence-corrected chi connectivity index (χ2v) is 6.01. The zero-order valence-corrected chi connectivity index (χ0v) is 11.1. The first-order chi connectivity index (χ1) is 8.06. The van der Waals surface area contributed by atoms with Gasteiger partial charge in [-0.3, -0.25) is 4.98 Å². The molecular weight excluding hydrogens is 238 g/mol. The van der Waals surface area contributed by atoms with Gasteiger partial charge in [-0.15, -0.1) is 0 Å². The van der Waals surface area contributed by atoms with E-state index in [0.29, 0.717) is 19.5 Å². The average Bonchev–Trinajstić information content (AvgIpc) is 2.35. The van der Waals surface area contributed by atoms with E-state index in [-0.39, 0.29) is 5.75 Å². The lowest BCUT2D eigenvalue weighted by atomic mass is 10.3. The molecule has 0 unspecified atom stereocenters. The fourth-order valence-electron chi connectivity index (χ4n) is 1.34. The number of pyridine rings is 1. The zero-order valence-electron chi connectivity index (χ0n) is 10.3. The predicted octanol–water partition coefficient (Wildman–Crippen LogP) is 0.105. The van der Waals surface area contributed by atoms with Gasteiger partial charge in [-0.05, 0) is 19.2 Å². The van der Waals surface area contributed by atoms with E-state index < -0.39 is 10.0 Å². The molecule has 0 fully saturated rings. The van der Waals surface area contributed by atoms with Crippen LogP contribution in [0.5, 0.6) is 0 Å². The summed E-state index contributed by atoms with van der Waals surface area (Å²) in [5.41, 5.74) is 0.804. The molecule has 17 heavy (non-hydrogen) atoms. The molecule has 0 saturated carbocycles. The third-order valence-electron chi connectivity index (χ3n) is 2.49. The molecule has 0 aliphatic rings. The van der Waals surface area contributed by atoms with Crippen molar-refractivity contribution >= 4 is 10.0 Å². The van der Waals surface area contributed by atoms with Gasteiger partial charge in [0.25, 0.3) is 0 Å². The Morgan fingerprint density at radius 1 is 1.41 bits per heavy atom. The highest BCUT2D eigenvalue weighted by Crippen LogP contribution is 2.02. The Hall–Kier alpha value is -0.980. The Balaban J connectivity index is 2.50. The standard InChI is InChI=1S/C11H19N3O2S/c1-12-8-9-14(2)17(15,16)10-6-11-5-3-4-7-13-11/h3-5,7,12H,6,8-10H2,1-2H3. The molecule has 1 aromatic heterocycles. The van der Waals surface area contributed by atoms with Gasteiger partial charge in [-0.25, -0.2) is 12.7 Å². The molecule has 0 spiro atoms. The summed E-state index contributed by atoms with van der Waals surface area (Å²) in [6, 6.07) is 5.51. The zero-order chi connectivity index (χ0) is 12.7. The minimum absolute atomic E-state index is 0.101. The largest absolute Gasteiger partial charge is 0.318 e. The predicted molar refractivity (Wildman–Crippen MR) is 68.3 cm³/mol. The Morgan fingerprint density at radius 3 is 2.76 bits per heavy atom. The average molecular weight is 257 g/mol. The summed E-state index contributed by atoms with van der Waals surface area (Å²) in [6.07, 6.45) is 2.12. The second-order valence-electron chi connectivity index (χ2n) is 3.81. The molecular formula is C11H19N3O2S. The molecule has 0 aromatic carbocycles. The molecule has 6 heteroatoms. The van der Waals surface area contributed by atoms with Crippen molar-refractivity contribution < 1.29 is 8.42 Å². The van der Waals surface area contributed by atoms with Crippen molar-refractivity contribution in [1.29, 1.82) is 0 Å². The van der Waals surface area contributed by atoms with Crippen molar-refractivity contribution in [2.24, 2.45) is 0 Å². The van der Waals surface area contributed by atoms with Crippen LogP contribution in [0, 0.1) is 0 Å². The summed E-state index contributed by atoms with van der Waals surface area (Å²) in [6.45, 7) is 1.14. The first kappa shape index (κ1) is 14.1. The molecule has 1 aromatic rings. The minimum atomic E-state index is -3.18. The van der Waals surface area contributed by atoms with E-state index in [4.69, 9.17) is 0 Å². The topological polar surface area (TPSA) is 62.3 Å². The van der Waals surface area contributed by atoms with Gasteiger partial charge < -0.3 is 5.32 Å². The van der Waals surface area contributed by atoms with Crippen molar-refractivity contribution in [3.63, 3.8) is 0 Å². The second kappa shape index (κ2) is 6.68. The third kappa shape index (κ3) is 4.80. The number of aromatic nitrogens is 1. The molecule has 5 nitrogen and oxygen atoms in total. The van der Waals surface area contributed by atoms with Crippen LogP contribution in [-0.2, 0) is 16.4 Å². The summed E-state index contributed by atoms with van der Waals surface area (Å²) in [5, 5.41) is 2.93. The number of aryl methyl sites for hydroxylation is 1. The number of hydrogen-bond donors (Lipinski definition) is 1. The van der Waals surface area contributed by atoms with Crippen LogP contribution in [0.3, 0.4) is 0 Å². The molecule has 1 rings (SSSR count). The quantitative estimate of drug-likeness (QED) is 0.753. The van der Waals surface area contributed by atoms with Gasteiger partial charge in [0.1, 0.15) is 0 Å². The van der Waals surface area contributed by atoms with Gasteiger partial charge >= 0.3 is 0 Å². The Morgan fingerprint density at radius 2 is 2.18 bits per heavy atom. The highest BCUT2D eigenvalue weighted by molar-refractivity contribution is 7.89.